The normalized spacial score (nSPS) is 24.9. The minimum Gasteiger partial charge on any atom is -0.388 e. The summed E-state index contributed by atoms with van der Waals surface area (Å²) in [6, 6.07) is 3.48. The summed E-state index contributed by atoms with van der Waals surface area (Å²) in [4.78, 5) is 12.3. The topological polar surface area (TPSA) is 79.5 Å². The summed E-state index contributed by atoms with van der Waals surface area (Å²) < 4.78 is 1.71. The van der Waals surface area contributed by atoms with E-state index < -0.39 is 5.60 Å². The first-order valence-corrected chi connectivity index (χ1v) is 8.57. The number of nitrogens with zero attached hydrogens (tertiary/aromatic N) is 3. The molecule has 1 saturated carbocycles. The third-order valence-corrected chi connectivity index (χ3v) is 5.27. The number of aromatic nitrogens is 3. The number of rotatable bonds is 3. The lowest BCUT2D eigenvalue weighted by Crippen LogP contribution is -2.46. The highest BCUT2D eigenvalue weighted by Crippen LogP contribution is 2.41. The monoisotopic (exact) mass is 330 g/mol. The first kappa shape index (κ1) is 16.9. The van der Waals surface area contributed by atoms with Crippen LogP contribution < -0.4 is 5.32 Å². The number of carbonyl (C=O) groups is 1. The molecule has 0 unspecified atom stereocenters. The molecule has 0 aliphatic heterocycles. The molecule has 24 heavy (non-hydrogen) atoms. The van der Waals surface area contributed by atoms with Crippen LogP contribution in [0.5, 0.6) is 0 Å². The maximum absolute atomic E-state index is 12.3. The molecule has 2 aromatic rings. The molecule has 0 bridgehead atoms. The molecule has 6 heteroatoms. The fraction of sp³-hybridized carbons (Fsp3) is 0.611. The molecule has 3 rings (SSSR count). The largest absolute Gasteiger partial charge is 0.388 e. The molecule has 1 aliphatic carbocycles. The highest BCUT2D eigenvalue weighted by molar-refractivity contribution is 5.94. The smallest absolute Gasteiger partial charge is 0.252 e. The summed E-state index contributed by atoms with van der Waals surface area (Å²) in [6.45, 7) is 7.06. The Morgan fingerprint density at radius 1 is 1.38 bits per heavy atom. The van der Waals surface area contributed by atoms with Crippen LogP contribution in [0.3, 0.4) is 0 Å². The zero-order valence-corrected chi connectivity index (χ0v) is 14.6. The molecule has 1 amide bonds. The molecule has 130 valence electrons. The Morgan fingerprint density at radius 2 is 2.08 bits per heavy atom. The van der Waals surface area contributed by atoms with Crippen LogP contribution in [0.2, 0.25) is 0 Å². The number of amides is 1. The molecule has 1 fully saturated rings. The number of hydrogen-bond donors (Lipinski definition) is 2. The van der Waals surface area contributed by atoms with E-state index in [1.807, 2.05) is 0 Å². The van der Waals surface area contributed by atoms with Crippen molar-refractivity contribution in [1.82, 2.24) is 19.9 Å². The van der Waals surface area contributed by atoms with Gasteiger partial charge in [0.15, 0.2) is 5.65 Å². The van der Waals surface area contributed by atoms with Crippen molar-refractivity contribution < 1.29 is 9.90 Å². The molecular formula is C18H26N4O2. The van der Waals surface area contributed by atoms with Gasteiger partial charge in [-0.3, -0.25) is 9.20 Å². The van der Waals surface area contributed by atoms with Crippen LogP contribution in [0.25, 0.3) is 5.65 Å². The Hall–Kier alpha value is -1.95. The molecule has 0 saturated heterocycles. The summed E-state index contributed by atoms with van der Waals surface area (Å²) in [7, 11) is 0. The maximum atomic E-state index is 12.3. The van der Waals surface area contributed by atoms with Crippen molar-refractivity contribution in [2.75, 3.05) is 6.54 Å². The molecule has 0 radical (unpaired) electrons. The van der Waals surface area contributed by atoms with Crippen LogP contribution in [0.15, 0.2) is 24.7 Å². The van der Waals surface area contributed by atoms with Crippen molar-refractivity contribution in [3.05, 3.63) is 30.2 Å². The molecule has 6 nitrogen and oxygen atoms in total. The number of pyridine rings is 1. The number of fused-ring (bicyclic) bond motifs is 1. The Kier molecular flexibility index (Phi) is 4.34. The fourth-order valence-corrected chi connectivity index (χ4v) is 3.51. The van der Waals surface area contributed by atoms with Gasteiger partial charge < -0.3 is 10.4 Å². The second-order valence-electron chi connectivity index (χ2n) is 8.06. The summed E-state index contributed by atoms with van der Waals surface area (Å²) >= 11 is 0. The van der Waals surface area contributed by atoms with Gasteiger partial charge in [0, 0.05) is 12.7 Å². The lowest BCUT2D eigenvalue weighted by Gasteiger charge is -2.41. The van der Waals surface area contributed by atoms with Gasteiger partial charge in [-0.05, 0) is 49.1 Å². The van der Waals surface area contributed by atoms with Gasteiger partial charge in [-0.1, -0.05) is 20.8 Å². The highest BCUT2D eigenvalue weighted by Gasteiger charge is 2.37. The standard InChI is InChI=1S/C18H26N4O2/c1-17(2,3)14-6-8-18(24,9-7-14)11-19-16(23)13-4-5-15-21-20-12-22(15)10-13/h4-5,10,12,14,24H,6-9,11H2,1-3H3,(H,19,23). The van der Waals surface area contributed by atoms with Crippen LogP contribution >= 0.6 is 0 Å². The maximum Gasteiger partial charge on any atom is 0.252 e. The van der Waals surface area contributed by atoms with Gasteiger partial charge in [0.1, 0.15) is 6.33 Å². The lowest BCUT2D eigenvalue weighted by molar-refractivity contribution is -0.0228. The Morgan fingerprint density at radius 3 is 2.75 bits per heavy atom. The van der Waals surface area contributed by atoms with E-state index in [1.165, 1.54) is 0 Å². The SMILES string of the molecule is CC(C)(C)C1CCC(O)(CNC(=O)c2ccc3nncn3c2)CC1. The van der Waals surface area contributed by atoms with E-state index in [2.05, 4.69) is 36.3 Å². The fourth-order valence-electron chi connectivity index (χ4n) is 3.51. The molecule has 0 aromatic carbocycles. The number of nitrogens with one attached hydrogen (secondary N) is 1. The highest BCUT2D eigenvalue weighted by atomic mass is 16.3. The van der Waals surface area contributed by atoms with Crippen molar-refractivity contribution in [3.8, 4) is 0 Å². The Labute approximate surface area is 142 Å². The summed E-state index contributed by atoms with van der Waals surface area (Å²) in [5.41, 5.74) is 0.719. The second-order valence-corrected chi connectivity index (χ2v) is 8.06. The molecule has 2 heterocycles. The minimum atomic E-state index is -0.794. The second kappa shape index (κ2) is 6.16. The van der Waals surface area contributed by atoms with Gasteiger partial charge in [0.05, 0.1) is 11.2 Å². The first-order chi connectivity index (χ1) is 11.3. The van der Waals surface area contributed by atoms with Gasteiger partial charge >= 0.3 is 0 Å². The van der Waals surface area contributed by atoms with Crippen molar-refractivity contribution in [3.63, 3.8) is 0 Å². The number of hydrogen-bond acceptors (Lipinski definition) is 4. The average Bonchev–Trinajstić information content (AvgIpc) is 2.99. The summed E-state index contributed by atoms with van der Waals surface area (Å²) in [5.74, 6) is 0.446. The van der Waals surface area contributed by atoms with Crippen LogP contribution in [0.1, 0.15) is 56.8 Å². The summed E-state index contributed by atoms with van der Waals surface area (Å²) in [5, 5.41) is 21.3. The molecule has 2 aromatic heterocycles. The van der Waals surface area contributed by atoms with Crippen LogP contribution in [0, 0.1) is 11.3 Å². The van der Waals surface area contributed by atoms with E-state index in [-0.39, 0.29) is 11.3 Å². The molecule has 1 aliphatic rings. The van der Waals surface area contributed by atoms with E-state index in [1.54, 1.807) is 29.1 Å². The molecule has 0 atom stereocenters. The van der Waals surface area contributed by atoms with Gasteiger partial charge in [0.2, 0.25) is 0 Å². The Balaban J connectivity index is 1.58. The van der Waals surface area contributed by atoms with Crippen molar-refractivity contribution >= 4 is 11.6 Å². The van der Waals surface area contributed by atoms with Crippen LogP contribution in [-0.2, 0) is 0 Å². The summed E-state index contributed by atoms with van der Waals surface area (Å²) in [6.07, 6.45) is 6.74. The molecular weight excluding hydrogens is 304 g/mol. The molecule has 0 spiro atoms. The van der Waals surface area contributed by atoms with Gasteiger partial charge in [-0.25, -0.2) is 0 Å². The quantitative estimate of drug-likeness (QED) is 0.906. The van der Waals surface area contributed by atoms with Gasteiger partial charge in [0.25, 0.3) is 5.91 Å². The van der Waals surface area contributed by atoms with Crippen molar-refractivity contribution in [1.29, 1.82) is 0 Å². The third kappa shape index (κ3) is 3.59. The van der Waals surface area contributed by atoms with E-state index >= 15 is 0 Å². The van der Waals surface area contributed by atoms with E-state index in [9.17, 15) is 9.90 Å². The Bertz CT molecular complexity index is 724. The number of carbonyl (C=O) groups excluding carboxylic acids is 1. The molecule has 2 N–H and O–H groups in total. The lowest BCUT2D eigenvalue weighted by atomic mass is 9.68. The van der Waals surface area contributed by atoms with E-state index in [0.717, 1.165) is 25.7 Å². The predicted octanol–water partition coefficient (Wildman–Crippen LogP) is 2.43. The van der Waals surface area contributed by atoms with Gasteiger partial charge in [-0.2, -0.15) is 0 Å². The zero-order chi connectivity index (χ0) is 17.4. The average molecular weight is 330 g/mol. The van der Waals surface area contributed by atoms with E-state index in [4.69, 9.17) is 0 Å². The van der Waals surface area contributed by atoms with Crippen LogP contribution in [-0.4, -0.2) is 37.8 Å². The van der Waals surface area contributed by atoms with E-state index in [0.29, 0.717) is 23.7 Å². The van der Waals surface area contributed by atoms with Crippen molar-refractivity contribution in [2.45, 2.75) is 52.1 Å². The first-order valence-electron chi connectivity index (χ1n) is 8.57. The minimum absolute atomic E-state index is 0.183. The predicted molar refractivity (Wildman–Crippen MR) is 91.7 cm³/mol. The van der Waals surface area contributed by atoms with Gasteiger partial charge in [-0.15, -0.1) is 10.2 Å². The third-order valence-electron chi connectivity index (χ3n) is 5.27. The zero-order valence-electron chi connectivity index (χ0n) is 14.6. The van der Waals surface area contributed by atoms with Crippen LogP contribution in [0.4, 0.5) is 0 Å². The van der Waals surface area contributed by atoms with Crippen molar-refractivity contribution in [2.24, 2.45) is 11.3 Å². The number of aliphatic hydroxyl groups is 1.